The number of fused-ring (bicyclic) bond motifs is 1. The highest BCUT2D eigenvalue weighted by Crippen LogP contribution is 2.24. The SMILES string of the molecule is C=CCN1C(=O)c2ccc(C(=O)OCc3coc(-c4ccccc4)n3)cc2C1=O. The summed E-state index contributed by atoms with van der Waals surface area (Å²) in [5, 5.41) is 0. The number of hydrogen-bond acceptors (Lipinski definition) is 6. The van der Waals surface area contributed by atoms with E-state index in [1.165, 1.54) is 30.5 Å². The summed E-state index contributed by atoms with van der Waals surface area (Å²) in [6.07, 6.45) is 2.89. The van der Waals surface area contributed by atoms with E-state index in [1.807, 2.05) is 30.3 Å². The lowest BCUT2D eigenvalue weighted by Crippen LogP contribution is -2.29. The number of aromatic nitrogens is 1. The third-order valence-corrected chi connectivity index (χ3v) is 4.44. The van der Waals surface area contributed by atoms with Gasteiger partial charge in [0.1, 0.15) is 18.6 Å². The Morgan fingerprint density at radius 2 is 1.86 bits per heavy atom. The summed E-state index contributed by atoms with van der Waals surface area (Å²) >= 11 is 0. The average molecular weight is 388 g/mol. The second-order valence-corrected chi connectivity index (χ2v) is 6.36. The second-order valence-electron chi connectivity index (χ2n) is 6.36. The van der Waals surface area contributed by atoms with Crippen LogP contribution in [0.25, 0.3) is 11.5 Å². The van der Waals surface area contributed by atoms with Gasteiger partial charge in [0.15, 0.2) is 0 Å². The largest absolute Gasteiger partial charge is 0.455 e. The lowest BCUT2D eigenvalue weighted by atomic mass is 10.1. The quantitative estimate of drug-likeness (QED) is 0.365. The normalized spacial score (nSPS) is 12.8. The van der Waals surface area contributed by atoms with Crippen molar-refractivity contribution in [3.05, 3.63) is 89.8 Å². The van der Waals surface area contributed by atoms with Crippen molar-refractivity contribution >= 4 is 17.8 Å². The van der Waals surface area contributed by atoms with Gasteiger partial charge in [-0.25, -0.2) is 9.78 Å². The van der Waals surface area contributed by atoms with Crippen LogP contribution in [0.3, 0.4) is 0 Å². The topological polar surface area (TPSA) is 89.7 Å². The molecule has 0 fully saturated rings. The molecule has 29 heavy (non-hydrogen) atoms. The molecule has 0 unspecified atom stereocenters. The van der Waals surface area contributed by atoms with Gasteiger partial charge < -0.3 is 9.15 Å². The van der Waals surface area contributed by atoms with Crippen molar-refractivity contribution in [2.75, 3.05) is 6.54 Å². The molecule has 0 N–H and O–H groups in total. The zero-order chi connectivity index (χ0) is 20.4. The highest BCUT2D eigenvalue weighted by Gasteiger charge is 2.35. The lowest BCUT2D eigenvalue weighted by Gasteiger charge is -2.09. The van der Waals surface area contributed by atoms with Gasteiger partial charge in [-0.05, 0) is 30.3 Å². The van der Waals surface area contributed by atoms with Gasteiger partial charge in [-0.2, -0.15) is 0 Å². The Morgan fingerprint density at radius 1 is 1.10 bits per heavy atom. The lowest BCUT2D eigenvalue weighted by molar-refractivity contribution is 0.0467. The second kappa shape index (κ2) is 7.55. The van der Waals surface area contributed by atoms with Gasteiger partial charge in [-0.1, -0.05) is 24.3 Å². The minimum atomic E-state index is -0.625. The number of rotatable bonds is 6. The van der Waals surface area contributed by atoms with E-state index in [4.69, 9.17) is 9.15 Å². The molecule has 7 nitrogen and oxygen atoms in total. The maximum Gasteiger partial charge on any atom is 0.338 e. The summed E-state index contributed by atoms with van der Waals surface area (Å²) in [6.45, 7) is 3.57. The highest BCUT2D eigenvalue weighted by molar-refractivity contribution is 6.22. The minimum absolute atomic E-state index is 0.0816. The average Bonchev–Trinajstić information content (AvgIpc) is 3.32. The van der Waals surface area contributed by atoms with Gasteiger partial charge in [0, 0.05) is 12.1 Å². The summed E-state index contributed by atoms with van der Waals surface area (Å²) in [4.78, 5) is 42.4. The molecule has 0 saturated carbocycles. The van der Waals surface area contributed by atoms with Crippen molar-refractivity contribution in [3.63, 3.8) is 0 Å². The summed E-state index contributed by atoms with van der Waals surface area (Å²) in [7, 11) is 0. The van der Waals surface area contributed by atoms with Crippen molar-refractivity contribution in [1.29, 1.82) is 0 Å². The molecule has 1 aliphatic heterocycles. The molecule has 4 rings (SSSR count). The molecule has 2 heterocycles. The molecule has 0 aliphatic carbocycles. The zero-order valence-corrected chi connectivity index (χ0v) is 15.3. The molecular formula is C22H16N2O5. The number of carbonyl (C=O) groups excluding carboxylic acids is 3. The Balaban J connectivity index is 1.45. The Hall–Kier alpha value is -4.00. The fraction of sp³-hybridized carbons (Fsp3) is 0.0909. The van der Waals surface area contributed by atoms with Crippen LogP contribution in [0.5, 0.6) is 0 Å². The van der Waals surface area contributed by atoms with Crippen LogP contribution in [0.4, 0.5) is 0 Å². The summed E-state index contributed by atoms with van der Waals surface area (Å²) in [5.74, 6) is -1.05. The first-order valence-corrected chi connectivity index (χ1v) is 8.86. The Morgan fingerprint density at radius 3 is 2.62 bits per heavy atom. The molecule has 0 bridgehead atoms. The number of amides is 2. The van der Waals surface area contributed by atoms with Crippen LogP contribution >= 0.6 is 0 Å². The van der Waals surface area contributed by atoms with Crippen LogP contribution in [0.2, 0.25) is 0 Å². The van der Waals surface area contributed by atoms with E-state index < -0.39 is 17.8 Å². The van der Waals surface area contributed by atoms with E-state index in [2.05, 4.69) is 11.6 Å². The van der Waals surface area contributed by atoms with Crippen LogP contribution in [-0.4, -0.2) is 34.2 Å². The van der Waals surface area contributed by atoms with Crippen LogP contribution in [0.1, 0.15) is 36.8 Å². The molecule has 7 heteroatoms. The first-order chi connectivity index (χ1) is 14.1. The first-order valence-electron chi connectivity index (χ1n) is 8.86. The van der Waals surface area contributed by atoms with Gasteiger partial charge in [-0.15, -0.1) is 6.58 Å². The van der Waals surface area contributed by atoms with Crippen LogP contribution < -0.4 is 0 Å². The molecular weight excluding hydrogens is 372 g/mol. The van der Waals surface area contributed by atoms with E-state index in [0.29, 0.717) is 11.6 Å². The standard InChI is InChI=1S/C22H16N2O5/c1-2-10-24-20(25)17-9-8-15(11-18(17)21(24)26)22(27)29-13-16-12-28-19(23-16)14-6-4-3-5-7-14/h2-9,11-12H,1,10,13H2. The van der Waals surface area contributed by atoms with Crippen molar-refractivity contribution in [3.8, 4) is 11.5 Å². The summed E-state index contributed by atoms with van der Waals surface area (Å²) in [5.41, 5.74) is 1.89. The Kier molecular flexibility index (Phi) is 4.78. The summed E-state index contributed by atoms with van der Waals surface area (Å²) in [6, 6.07) is 13.6. The van der Waals surface area contributed by atoms with Gasteiger partial charge >= 0.3 is 5.97 Å². The highest BCUT2D eigenvalue weighted by atomic mass is 16.5. The van der Waals surface area contributed by atoms with Gasteiger partial charge in [0.05, 0.1) is 16.7 Å². The zero-order valence-electron chi connectivity index (χ0n) is 15.3. The first kappa shape index (κ1) is 18.4. The number of oxazole rings is 1. The van der Waals surface area contributed by atoms with Crippen molar-refractivity contribution < 1.29 is 23.5 Å². The van der Waals surface area contributed by atoms with Crippen molar-refractivity contribution in [1.82, 2.24) is 9.88 Å². The predicted molar refractivity (Wildman–Crippen MR) is 103 cm³/mol. The van der Waals surface area contributed by atoms with Crippen LogP contribution in [0, 0.1) is 0 Å². The molecule has 2 amide bonds. The third kappa shape index (κ3) is 3.45. The molecule has 1 aromatic heterocycles. The third-order valence-electron chi connectivity index (χ3n) is 4.44. The maximum atomic E-state index is 12.4. The fourth-order valence-corrected chi connectivity index (χ4v) is 3.02. The molecule has 3 aromatic rings. The number of hydrogen-bond donors (Lipinski definition) is 0. The van der Waals surface area contributed by atoms with Crippen molar-refractivity contribution in [2.24, 2.45) is 0 Å². The van der Waals surface area contributed by atoms with E-state index in [0.717, 1.165) is 10.5 Å². The number of benzene rings is 2. The van der Waals surface area contributed by atoms with Crippen LogP contribution in [0.15, 0.2) is 71.9 Å². The molecule has 0 atom stereocenters. The maximum absolute atomic E-state index is 12.4. The van der Waals surface area contributed by atoms with E-state index in [9.17, 15) is 14.4 Å². The Labute approximate surface area is 166 Å². The number of nitrogens with zero attached hydrogens (tertiary/aromatic N) is 2. The number of esters is 1. The fourth-order valence-electron chi connectivity index (χ4n) is 3.02. The predicted octanol–water partition coefficient (Wildman–Crippen LogP) is 3.48. The molecule has 1 aliphatic rings. The number of carbonyl (C=O) groups is 3. The van der Waals surface area contributed by atoms with Crippen LogP contribution in [-0.2, 0) is 11.3 Å². The van der Waals surface area contributed by atoms with Gasteiger partial charge in [0.2, 0.25) is 5.89 Å². The molecule has 0 radical (unpaired) electrons. The molecule has 0 saturated heterocycles. The summed E-state index contributed by atoms with van der Waals surface area (Å²) < 4.78 is 10.7. The number of ether oxygens (including phenoxy) is 1. The van der Waals surface area contributed by atoms with Gasteiger partial charge in [-0.3, -0.25) is 14.5 Å². The Bertz CT molecular complexity index is 1120. The number of imide groups is 1. The van der Waals surface area contributed by atoms with E-state index in [-0.39, 0.29) is 29.8 Å². The van der Waals surface area contributed by atoms with E-state index in [1.54, 1.807) is 0 Å². The van der Waals surface area contributed by atoms with Gasteiger partial charge in [0.25, 0.3) is 11.8 Å². The smallest absolute Gasteiger partial charge is 0.338 e. The minimum Gasteiger partial charge on any atom is -0.455 e. The van der Waals surface area contributed by atoms with Crippen molar-refractivity contribution in [2.45, 2.75) is 6.61 Å². The van der Waals surface area contributed by atoms with E-state index >= 15 is 0 Å². The molecule has 0 spiro atoms. The molecule has 144 valence electrons. The molecule has 2 aromatic carbocycles. The monoisotopic (exact) mass is 388 g/mol.